The molecule has 232 valence electrons. The molecule has 2 atom stereocenters. The second kappa shape index (κ2) is 25.4. The molecule has 0 saturated heterocycles. The van der Waals surface area contributed by atoms with Crippen LogP contribution in [-0.2, 0) is 16.0 Å². The molecule has 40 heavy (non-hydrogen) atoms. The van der Waals surface area contributed by atoms with E-state index in [1.54, 1.807) is 11.0 Å². The second-order valence-electron chi connectivity index (χ2n) is 11.7. The molecule has 0 heterocycles. The Labute approximate surface area is 247 Å². The minimum Gasteiger partial charge on any atom is -0.479 e. The van der Waals surface area contributed by atoms with E-state index in [4.69, 9.17) is 4.74 Å². The van der Waals surface area contributed by atoms with Crippen LogP contribution in [0.5, 0.6) is 5.75 Å². The maximum Gasteiger partial charge on any atom is 0.344 e. The fraction of sp³-hybridized carbons (Fsp3) is 0.647. The van der Waals surface area contributed by atoms with Crippen molar-refractivity contribution in [3.8, 4) is 5.75 Å². The number of aryl methyl sites for hydroxylation is 1. The zero-order valence-corrected chi connectivity index (χ0v) is 27.8. The van der Waals surface area contributed by atoms with Crippen LogP contribution in [-0.4, -0.2) is 54.7 Å². The molecule has 1 amide bonds. The summed E-state index contributed by atoms with van der Waals surface area (Å²) in [5.74, 6) is -0.107. The molecule has 0 aliphatic rings. The molecule has 1 rings (SSSR count). The van der Waals surface area contributed by atoms with Crippen molar-refractivity contribution in [3.63, 3.8) is 0 Å². The van der Waals surface area contributed by atoms with Gasteiger partial charge in [0.2, 0.25) is 6.41 Å². The summed E-state index contributed by atoms with van der Waals surface area (Å²) in [6, 6.07) is 7.79. The zero-order valence-electron chi connectivity index (χ0n) is 27.8. The number of carbonyl (C=O) groups is 2. The average molecular weight is 563 g/mol. The summed E-state index contributed by atoms with van der Waals surface area (Å²) in [6.07, 6.45) is 7.13. The van der Waals surface area contributed by atoms with Gasteiger partial charge in [0, 0.05) is 26.2 Å². The Kier molecular flexibility index (Phi) is 26.6. The number of nitrogens with one attached hydrogen (secondary N) is 1. The number of hydrogen-bond donors (Lipinski definition) is 2. The van der Waals surface area contributed by atoms with Gasteiger partial charge in [-0.1, -0.05) is 85.2 Å². The number of benzene rings is 1. The van der Waals surface area contributed by atoms with Crippen LogP contribution in [0.15, 0.2) is 48.6 Å². The molecule has 0 aliphatic carbocycles. The molecule has 1 aromatic rings. The normalized spacial score (nSPS) is 12.3. The third kappa shape index (κ3) is 27.0. The van der Waals surface area contributed by atoms with Crippen molar-refractivity contribution in [3.05, 3.63) is 54.1 Å². The van der Waals surface area contributed by atoms with Gasteiger partial charge >= 0.3 is 5.97 Å². The summed E-state index contributed by atoms with van der Waals surface area (Å²) < 4.78 is 5.65. The average Bonchev–Trinajstić information content (AvgIpc) is 2.88. The maximum atomic E-state index is 11.4. The number of ether oxygens (including phenoxy) is 1. The summed E-state index contributed by atoms with van der Waals surface area (Å²) in [7, 11) is 1.82. The Balaban J connectivity index is -0.00000118. The first kappa shape index (κ1) is 41.9. The minimum absolute atomic E-state index is 0.155. The lowest BCUT2D eigenvalue weighted by Gasteiger charge is -2.25. The van der Waals surface area contributed by atoms with Crippen LogP contribution in [0.2, 0.25) is 0 Å². The molecular weight excluding hydrogens is 500 g/mol. The van der Waals surface area contributed by atoms with Gasteiger partial charge < -0.3 is 20.1 Å². The van der Waals surface area contributed by atoms with Crippen LogP contribution in [0.4, 0.5) is 0 Å². The molecule has 0 radical (unpaired) electrons. The van der Waals surface area contributed by atoms with E-state index in [-0.39, 0.29) is 12.0 Å². The molecule has 0 fully saturated rings. The van der Waals surface area contributed by atoms with Gasteiger partial charge in [0.15, 0.2) is 6.10 Å². The zero-order chi connectivity index (χ0) is 31.7. The summed E-state index contributed by atoms with van der Waals surface area (Å²) >= 11 is 0. The maximum absolute atomic E-state index is 11.4. The topological polar surface area (TPSA) is 78.9 Å². The highest BCUT2D eigenvalue weighted by atomic mass is 16.5. The van der Waals surface area contributed by atoms with Gasteiger partial charge in [-0.15, -0.1) is 6.58 Å². The number of carbonyl (C=O) groups excluding carboxylic acids is 1. The Morgan fingerprint density at radius 1 is 1.12 bits per heavy atom. The van der Waals surface area contributed by atoms with Gasteiger partial charge in [-0.25, -0.2) is 4.79 Å². The molecule has 6 nitrogen and oxygen atoms in total. The molecule has 0 bridgehead atoms. The SMILES string of the molecule is C/C=C(\C)CNCC(CCCc1ccc(OC(CC(C)C)C(=O)O)cc1)N(C)C=O.C=CC.CC.CC(C)(C)C. The lowest BCUT2D eigenvalue weighted by Crippen LogP contribution is -2.39. The van der Waals surface area contributed by atoms with Crippen LogP contribution in [0.1, 0.15) is 101 Å². The predicted molar refractivity (Wildman–Crippen MR) is 173 cm³/mol. The van der Waals surface area contributed by atoms with Gasteiger partial charge in [-0.2, -0.15) is 0 Å². The van der Waals surface area contributed by atoms with Gasteiger partial charge in [-0.05, 0) is 75.5 Å². The van der Waals surface area contributed by atoms with E-state index in [0.29, 0.717) is 17.6 Å². The summed E-state index contributed by atoms with van der Waals surface area (Å²) in [6.45, 7) is 27.7. The third-order valence-electron chi connectivity index (χ3n) is 5.18. The number of aliphatic carboxylic acids is 1. The van der Waals surface area contributed by atoms with E-state index in [1.807, 2.05) is 72.9 Å². The van der Waals surface area contributed by atoms with Crippen LogP contribution in [0, 0.1) is 11.3 Å². The highest BCUT2D eigenvalue weighted by Crippen LogP contribution is 2.19. The van der Waals surface area contributed by atoms with Crippen LogP contribution in [0.3, 0.4) is 0 Å². The molecule has 6 heteroatoms. The number of nitrogens with zero attached hydrogens (tertiary/aromatic N) is 1. The molecule has 0 spiro atoms. The first-order chi connectivity index (χ1) is 18.7. The van der Waals surface area contributed by atoms with Crippen LogP contribution in [0.25, 0.3) is 0 Å². The Morgan fingerprint density at radius 2 is 1.62 bits per heavy atom. The van der Waals surface area contributed by atoms with E-state index in [2.05, 4.69) is 52.6 Å². The quantitative estimate of drug-likeness (QED) is 0.166. The van der Waals surface area contributed by atoms with Crippen molar-refractivity contribution in [2.45, 2.75) is 114 Å². The number of likely N-dealkylation sites (N-methyl/N-ethyl adjacent to an activating group) is 1. The fourth-order valence-electron chi connectivity index (χ4n) is 3.14. The number of hydrogen-bond acceptors (Lipinski definition) is 4. The Bertz CT molecular complexity index is 789. The lowest BCUT2D eigenvalue weighted by atomic mass is 10.0. The number of carboxylic acids is 1. The number of allylic oxidation sites excluding steroid dienone is 2. The fourth-order valence-corrected chi connectivity index (χ4v) is 3.14. The van der Waals surface area contributed by atoms with Gasteiger partial charge in [0.25, 0.3) is 0 Å². The van der Waals surface area contributed by atoms with E-state index in [1.165, 1.54) is 11.1 Å². The lowest BCUT2D eigenvalue weighted by molar-refractivity contribution is -0.145. The van der Waals surface area contributed by atoms with Crippen molar-refractivity contribution >= 4 is 12.4 Å². The monoisotopic (exact) mass is 562 g/mol. The summed E-state index contributed by atoms with van der Waals surface area (Å²) in [5.41, 5.74) is 2.95. The number of rotatable bonds is 15. The molecule has 2 unspecified atom stereocenters. The largest absolute Gasteiger partial charge is 0.479 e. The van der Waals surface area contributed by atoms with Crippen LogP contribution >= 0.6 is 0 Å². The highest BCUT2D eigenvalue weighted by Gasteiger charge is 2.20. The van der Waals surface area contributed by atoms with E-state index < -0.39 is 12.1 Å². The summed E-state index contributed by atoms with van der Waals surface area (Å²) in [5, 5.41) is 12.7. The molecular formula is C34H62N2O4. The molecule has 1 aromatic carbocycles. The molecule has 0 aromatic heterocycles. The third-order valence-corrected chi connectivity index (χ3v) is 5.18. The first-order valence-corrected chi connectivity index (χ1v) is 14.7. The molecule has 0 saturated carbocycles. The van der Waals surface area contributed by atoms with Gasteiger partial charge in [0.05, 0.1) is 0 Å². The van der Waals surface area contributed by atoms with Crippen molar-refractivity contribution < 1.29 is 19.4 Å². The smallest absolute Gasteiger partial charge is 0.344 e. The summed E-state index contributed by atoms with van der Waals surface area (Å²) in [4.78, 5) is 24.3. The Hall–Kier alpha value is -2.60. The van der Waals surface area contributed by atoms with Crippen LogP contribution < -0.4 is 10.1 Å². The van der Waals surface area contributed by atoms with Crippen molar-refractivity contribution in [1.29, 1.82) is 0 Å². The standard InChI is InChI=1S/C24H38N2O4.C5H12.C3H6.C2H6/c1-6-19(4)15-25-16-21(26(5)17-27)9-7-8-20-10-12-22(13-11-20)30-23(24(28)29)14-18(2)3;1-5(2,3)4;1-3-2;1-2/h6,10-13,17-18,21,23,25H,7-9,14-16H2,1-5H3,(H,28,29);1-4H3;3H,1H2,2H3;1-2H3/b19-6+;;;. The molecule has 0 aliphatic heterocycles. The van der Waals surface area contributed by atoms with E-state index in [0.717, 1.165) is 38.8 Å². The minimum atomic E-state index is -0.934. The van der Waals surface area contributed by atoms with E-state index in [9.17, 15) is 14.7 Å². The number of amides is 1. The second-order valence-corrected chi connectivity index (χ2v) is 11.7. The predicted octanol–water partition coefficient (Wildman–Crippen LogP) is 8.17. The van der Waals surface area contributed by atoms with E-state index >= 15 is 0 Å². The first-order valence-electron chi connectivity index (χ1n) is 14.7. The Morgan fingerprint density at radius 3 is 2.02 bits per heavy atom. The van der Waals surface area contributed by atoms with Crippen molar-refractivity contribution in [1.82, 2.24) is 10.2 Å². The highest BCUT2D eigenvalue weighted by molar-refractivity contribution is 5.72. The van der Waals surface area contributed by atoms with Gasteiger partial charge in [-0.3, -0.25) is 4.79 Å². The molecule has 2 N–H and O–H groups in total. The van der Waals surface area contributed by atoms with Crippen molar-refractivity contribution in [2.75, 3.05) is 20.1 Å². The van der Waals surface area contributed by atoms with Gasteiger partial charge in [0.1, 0.15) is 5.75 Å². The number of carboxylic acid groups (broad SMARTS) is 1. The van der Waals surface area contributed by atoms with Crippen molar-refractivity contribution in [2.24, 2.45) is 11.3 Å².